The number of carbonyl (C=O) groups excluding carboxylic acids is 2. The normalized spacial score (nSPS) is 16.0. The standard InChI is InChI=1S/C23H29N3O2S/c1-3-23(2,19-7-5-4-6-8-19)25-22(28)24-20-11-9-18(10-12-20)17-21(27)26-13-15-29-16-14-26/h4-12H,3,13-17H2,1-2H3,(H2,24,25,28). The minimum absolute atomic E-state index is 0.172. The van der Waals surface area contributed by atoms with Gasteiger partial charge in [-0.3, -0.25) is 4.79 Å². The van der Waals surface area contributed by atoms with Crippen LogP contribution < -0.4 is 10.6 Å². The number of anilines is 1. The zero-order chi connectivity index (χ0) is 20.7. The number of nitrogens with one attached hydrogen (secondary N) is 2. The van der Waals surface area contributed by atoms with Crippen molar-refractivity contribution >= 4 is 29.4 Å². The van der Waals surface area contributed by atoms with Crippen molar-refractivity contribution in [1.29, 1.82) is 0 Å². The second-order valence-corrected chi connectivity index (χ2v) is 8.72. The summed E-state index contributed by atoms with van der Waals surface area (Å²) in [7, 11) is 0. The number of carbonyl (C=O) groups is 2. The van der Waals surface area contributed by atoms with Crippen LogP contribution in [0.5, 0.6) is 0 Å². The molecule has 2 aromatic carbocycles. The number of nitrogens with zero attached hydrogens (tertiary/aromatic N) is 1. The molecule has 1 heterocycles. The smallest absolute Gasteiger partial charge is 0.319 e. The first kappa shape index (κ1) is 21.2. The summed E-state index contributed by atoms with van der Waals surface area (Å²) >= 11 is 1.89. The lowest BCUT2D eigenvalue weighted by molar-refractivity contribution is -0.130. The van der Waals surface area contributed by atoms with E-state index < -0.39 is 5.54 Å². The van der Waals surface area contributed by atoms with E-state index in [4.69, 9.17) is 0 Å². The van der Waals surface area contributed by atoms with Gasteiger partial charge in [0, 0.05) is 30.3 Å². The molecule has 1 aliphatic heterocycles. The van der Waals surface area contributed by atoms with Crippen molar-refractivity contribution in [3.63, 3.8) is 0 Å². The van der Waals surface area contributed by atoms with Crippen molar-refractivity contribution in [3.8, 4) is 0 Å². The monoisotopic (exact) mass is 411 g/mol. The van der Waals surface area contributed by atoms with Crippen LogP contribution in [0.2, 0.25) is 0 Å². The van der Waals surface area contributed by atoms with Gasteiger partial charge in [-0.05, 0) is 36.6 Å². The van der Waals surface area contributed by atoms with E-state index in [1.165, 1.54) is 0 Å². The molecular formula is C23H29N3O2S. The number of urea groups is 1. The molecule has 1 atom stereocenters. The topological polar surface area (TPSA) is 61.4 Å². The Balaban J connectivity index is 1.56. The Kier molecular flexibility index (Phi) is 7.20. The van der Waals surface area contributed by atoms with Crippen molar-refractivity contribution in [2.24, 2.45) is 0 Å². The fourth-order valence-corrected chi connectivity index (χ4v) is 4.29. The minimum atomic E-state index is -0.440. The van der Waals surface area contributed by atoms with Gasteiger partial charge in [-0.15, -0.1) is 0 Å². The lowest BCUT2D eigenvalue weighted by Crippen LogP contribution is -2.45. The first-order valence-electron chi connectivity index (χ1n) is 10.1. The summed E-state index contributed by atoms with van der Waals surface area (Å²) in [6.07, 6.45) is 1.18. The maximum Gasteiger partial charge on any atom is 0.319 e. The fraction of sp³-hybridized carbons (Fsp3) is 0.391. The molecule has 3 amide bonds. The maximum atomic E-state index is 12.5. The minimum Gasteiger partial charge on any atom is -0.341 e. The molecule has 0 saturated carbocycles. The molecule has 1 fully saturated rings. The molecule has 2 N–H and O–H groups in total. The molecule has 1 saturated heterocycles. The molecular weight excluding hydrogens is 382 g/mol. The predicted octanol–water partition coefficient (Wildman–Crippen LogP) is 4.25. The molecule has 154 valence electrons. The maximum absolute atomic E-state index is 12.5. The lowest BCUT2D eigenvalue weighted by atomic mass is 9.89. The third kappa shape index (κ3) is 5.76. The highest BCUT2D eigenvalue weighted by Crippen LogP contribution is 2.24. The van der Waals surface area contributed by atoms with Crippen LogP contribution in [0.3, 0.4) is 0 Å². The van der Waals surface area contributed by atoms with E-state index in [2.05, 4.69) is 17.6 Å². The molecule has 29 heavy (non-hydrogen) atoms. The zero-order valence-electron chi connectivity index (χ0n) is 17.1. The summed E-state index contributed by atoms with van der Waals surface area (Å²) in [5.41, 5.74) is 2.30. The van der Waals surface area contributed by atoms with Gasteiger partial charge >= 0.3 is 6.03 Å². The average molecular weight is 412 g/mol. The third-order valence-corrected chi connectivity index (χ3v) is 6.38. The molecule has 1 unspecified atom stereocenters. The largest absolute Gasteiger partial charge is 0.341 e. The highest BCUT2D eigenvalue weighted by molar-refractivity contribution is 7.99. The van der Waals surface area contributed by atoms with Gasteiger partial charge in [0.2, 0.25) is 5.91 Å². The molecule has 2 aromatic rings. The Bertz CT molecular complexity index is 820. The molecule has 1 aliphatic rings. The Hall–Kier alpha value is -2.47. The summed E-state index contributed by atoms with van der Waals surface area (Å²) in [5.74, 6) is 2.21. The zero-order valence-corrected chi connectivity index (χ0v) is 17.9. The first-order chi connectivity index (χ1) is 14.0. The van der Waals surface area contributed by atoms with Crippen LogP contribution >= 0.6 is 11.8 Å². The van der Waals surface area contributed by atoms with E-state index in [1.54, 1.807) is 0 Å². The van der Waals surface area contributed by atoms with Crippen molar-refractivity contribution in [2.75, 3.05) is 29.9 Å². The van der Waals surface area contributed by atoms with Gasteiger partial charge in [0.15, 0.2) is 0 Å². The second-order valence-electron chi connectivity index (χ2n) is 7.50. The van der Waals surface area contributed by atoms with Crippen LogP contribution in [-0.2, 0) is 16.8 Å². The predicted molar refractivity (Wildman–Crippen MR) is 120 cm³/mol. The molecule has 0 bridgehead atoms. The summed E-state index contributed by atoms with van der Waals surface area (Å²) in [4.78, 5) is 26.9. The van der Waals surface area contributed by atoms with Gasteiger partial charge in [0.1, 0.15) is 0 Å². The highest BCUT2D eigenvalue weighted by atomic mass is 32.2. The molecule has 6 heteroatoms. The van der Waals surface area contributed by atoms with Crippen LogP contribution in [0.4, 0.5) is 10.5 Å². The SMILES string of the molecule is CCC(C)(NC(=O)Nc1ccc(CC(=O)N2CCSCC2)cc1)c1ccccc1. The number of hydrogen-bond acceptors (Lipinski definition) is 3. The number of amides is 3. The number of hydrogen-bond donors (Lipinski definition) is 2. The average Bonchev–Trinajstić information content (AvgIpc) is 2.76. The van der Waals surface area contributed by atoms with E-state index in [1.807, 2.05) is 78.2 Å². The van der Waals surface area contributed by atoms with Gasteiger partial charge < -0.3 is 15.5 Å². The molecule has 0 spiro atoms. The summed E-state index contributed by atoms with van der Waals surface area (Å²) < 4.78 is 0. The second kappa shape index (κ2) is 9.83. The van der Waals surface area contributed by atoms with E-state index in [0.717, 1.165) is 42.1 Å². The first-order valence-corrected chi connectivity index (χ1v) is 11.2. The fourth-order valence-electron chi connectivity index (χ4n) is 3.39. The molecule has 5 nitrogen and oxygen atoms in total. The third-order valence-electron chi connectivity index (χ3n) is 5.44. The van der Waals surface area contributed by atoms with Crippen molar-refractivity contribution in [2.45, 2.75) is 32.2 Å². The highest BCUT2D eigenvalue weighted by Gasteiger charge is 2.26. The van der Waals surface area contributed by atoms with Crippen LogP contribution in [-0.4, -0.2) is 41.4 Å². The van der Waals surface area contributed by atoms with E-state index in [0.29, 0.717) is 12.1 Å². The van der Waals surface area contributed by atoms with Gasteiger partial charge in [-0.25, -0.2) is 4.79 Å². The van der Waals surface area contributed by atoms with Crippen molar-refractivity contribution in [1.82, 2.24) is 10.2 Å². The van der Waals surface area contributed by atoms with Crippen molar-refractivity contribution < 1.29 is 9.59 Å². The summed E-state index contributed by atoms with van der Waals surface area (Å²) in [6, 6.07) is 17.2. The Morgan fingerprint density at radius 1 is 1.03 bits per heavy atom. The Morgan fingerprint density at radius 2 is 1.69 bits per heavy atom. The van der Waals surface area contributed by atoms with Gasteiger partial charge in [-0.2, -0.15) is 11.8 Å². The van der Waals surface area contributed by atoms with Gasteiger partial charge in [0.25, 0.3) is 0 Å². The molecule has 0 radical (unpaired) electrons. The van der Waals surface area contributed by atoms with E-state index >= 15 is 0 Å². The summed E-state index contributed by atoms with van der Waals surface area (Å²) in [5, 5.41) is 5.98. The van der Waals surface area contributed by atoms with Crippen LogP contribution in [0.15, 0.2) is 54.6 Å². The van der Waals surface area contributed by atoms with Crippen LogP contribution in [0.25, 0.3) is 0 Å². The van der Waals surface area contributed by atoms with Crippen molar-refractivity contribution in [3.05, 3.63) is 65.7 Å². The summed E-state index contributed by atoms with van der Waals surface area (Å²) in [6.45, 7) is 5.75. The van der Waals surface area contributed by atoms with Crippen LogP contribution in [0, 0.1) is 0 Å². The molecule has 0 aromatic heterocycles. The van der Waals surface area contributed by atoms with E-state index in [-0.39, 0.29) is 11.9 Å². The van der Waals surface area contributed by atoms with Gasteiger partial charge in [0.05, 0.1) is 12.0 Å². The van der Waals surface area contributed by atoms with E-state index in [9.17, 15) is 9.59 Å². The molecule has 3 rings (SSSR count). The van der Waals surface area contributed by atoms with Crippen LogP contribution in [0.1, 0.15) is 31.4 Å². The number of benzene rings is 2. The quantitative estimate of drug-likeness (QED) is 0.747. The lowest BCUT2D eigenvalue weighted by Gasteiger charge is -2.30. The molecule has 0 aliphatic carbocycles. The number of thioether (sulfide) groups is 1. The number of rotatable bonds is 6. The Labute approximate surface area is 177 Å². The Morgan fingerprint density at radius 3 is 2.31 bits per heavy atom. The van der Waals surface area contributed by atoms with Gasteiger partial charge in [-0.1, -0.05) is 49.4 Å².